The molecule has 0 saturated carbocycles. The number of nitrogens with zero attached hydrogens (tertiary/aromatic N) is 2. The Balaban J connectivity index is 2.43. The maximum absolute atomic E-state index is 11.5. The van der Waals surface area contributed by atoms with Crippen LogP contribution in [0.25, 0.3) is 0 Å². The number of hydrogen-bond donors (Lipinski definition) is 2. The van der Waals surface area contributed by atoms with Gasteiger partial charge in [-0.05, 0) is 67.2 Å². The summed E-state index contributed by atoms with van der Waals surface area (Å²) in [5, 5.41) is 12.6. The average molecular weight is 285 g/mol. The second kappa shape index (κ2) is 7.38. The van der Waals surface area contributed by atoms with Crippen LogP contribution in [0.5, 0.6) is 0 Å². The number of carboxylic acids is 1. The highest BCUT2D eigenvalue weighted by molar-refractivity contribution is 5.78. The third kappa shape index (κ3) is 5.04. The molecule has 0 radical (unpaired) electrons. The van der Waals surface area contributed by atoms with Gasteiger partial charge in [-0.1, -0.05) is 0 Å². The van der Waals surface area contributed by atoms with E-state index < -0.39 is 11.5 Å². The first-order valence-corrected chi connectivity index (χ1v) is 7.64. The van der Waals surface area contributed by atoms with Gasteiger partial charge in [0.05, 0.1) is 0 Å². The van der Waals surface area contributed by atoms with E-state index in [0.29, 0.717) is 12.5 Å². The summed E-state index contributed by atoms with van der Waals surface area (Å²) in [7, 11) is 4.27. The Morgan fingerprint density at radius 1 is 1.40 bits per heavy atom. The van der Waals surface area contributed by atoms with Gasteiger partial charge in [-0.3, -0.25) is 10.1 Å². The van der Waals surface area contributed by atoms with E-state index in [1.54, 1.807) is 6.92 Å². The zero-order chi connectivity index (χ0) is 15.3. The highest BCUT2D eigenvalue weighted by Crippen LogP contribution is 2.17. The number of carbonyl (C=O) groups is 1. The van der Waals surface area contributed by atoms with Crippen molar-refractivity contribution in [2.24, 2.45) is 0 Å². The fourth-order valence-corrected chi connectivity index (χ4v) is 2.92. The van der Waals surface area contributed by atoms with Crippen molar-refractivity contribution < 1.29 is 9.90 Å². The van der Waals surface area contributed by atoms with Gasteiger partial charge in [0.25, 0.3) is 0 Å². The van der Waals surface area contributed by atoms with Gasteiger partial charge in [0, 0.05) is 18.6 Å². The number of piperidine rings is 1. The molecule has 1 aliphatic heterocycles. The Morgan fingerprint density at radius 3 is 2.35 bits per heavy atom. The van der Waals surface area contributed by atoms with Gasteiger partial charge >= 0.3 is 5.97 Å². The summed E-state index contributed by atoms with van der Waals surface area (Å²) >= 11 is 0. The molecule has 1 fully saturated rings. The molecule has 5 nitrogen and oxygen atoms in total. The molecule has 0 aromatic heterocycles. The fraction of sp³-hybridized carbons (Fsp3) is 0.933. The summed E-state index contributed by atoms with van der Waals surface area (Å²) in [4.78, 5) is 16.2. The minimum absolute atomic E-state index is 0.176. The number of nitrogens with one attached hydrogen (secondary N) is 1. The van der Waals surface area contributed by atoms with E-state index >= 15 is 0 Å². The van der Waals surface area contributed by atoms with Crippen LogP contribution >= 0.6 is 0 Å². The maximum atomic E-state index is 11.5. The second-order valence-electron chi connectivity index (χ2n) is 6.72. The Kier molecular flexibility index (Phi) is 6.43. The molecule has 0 aliphatic carbocycles. The van der Waals surface area contributed by atoms with Crippen molar-refractivity contribution in [1.29, 1.82) is 0 Å². The lowest BCUT2D eigenvalue weighted by atomic mass is 9.95. The van der Waals surface area contributed by atoms with E-state index in [1.165, 1.54) is 12.8 Å². The molecule has 1 atom stereocenters. The molecule has 1 heterocycles. The molecule has 2 N–H and O–H groups in total. The molecule has 0 aromatic rings. The summed E-state index contributed by atoms with van der Waals surface area (Å²) in [6.45, 7) is 8.76. The number of hydrogen-bond acceptors (Lipinski definition) is 4. The lowest BCUT2D eigenvalue weighted by molar-refractivity contribution is -0.145. The van der Waals surface area contributed by atoms with E-state index in [4.69, 9.17) is 0 Å². The largest absolute Gasteiger partial charge is 0.480 e. The predicted octanol–water partition coefficient (Wildman–Crippen LogP) is 1.24. The standard InChI is InChI=1S/C15H31N3O2/c1-12(2)16-15(3,14(19)20)8-11-18-9-6-13(7-10-18)17(4)5/h12-13,16H,6-11H2,1-5H3,(H,19,20). The first-order valence-electron chi connectivity index (χ1n) is 7.64. The van der Waals surface area contributed by atoms with Crippen LogP contribution in [-0.2, 0) is 4.79 Å². The summed E-state index contributed by atoms with van der Waals surface area (Å²) < 4.78 is 0. The first kappa shape index (κ1) is 17.4. The lowest BCUT2D eigenvalue weighted by Gasteiger charge is -2.37. The van der Waals surface area contributed by atoms with Crippen LogP contribution in [0.2, 0.25) is 0 Å². The van der Waals surface area contributed by atoms with E-state index in [9.17, 15) is 9.90 Å². The van der Waals surface area contributed by atoms with Crippen molar-refractivity contribution in [1.82, 2.24) is 15.1 Å². The zero-order valence-corrected chi connectivity index (χ0v) is 13.6. The average Bonchev–Trinajstić information content (AvgIpc) is 2.36. The van der Waals surface area contributed by atoms with Gasteiger partial charge in [-0.15, -0.1) is 0 Å². The number of likely N-dealkylation sites (tertiary alicyclic amines) is 1. The molecule has 118 valence electrons. The number of rotatable bonds is 7. The van der Waals surface area contributed by atoms with Gasteiger partial charge in [0.1, 0.15) is 5.54 Å². The minimum Gasteiger partial charge on any atom is -0.480 e. The quantitative estimate of drug-likeness (QED) is 0.737. The molecule has 0 aromatic carbocycles. The van der Waals surface area contributed by atoms with Crippen molar-refractivity contribution in [2.45, 2.75) is 57.7 Å². The van der Waals surface area contributed by atoms with E-state index in [2.05, 4.69) is 29.2 Å². The molecular weight excluding hydrogens is 254 g/mol. The topological polar surface area (TPSA) is 55.8 Å². The highest BCUT2D eigenvalue weighted by Gasteiger charge is 2.34. The van der Waals surface area contributed by atoms with Crippen molar-refractivity contribution in [2.75, 3.05) is 33.7 Å². The fourth-order valence-electron chi connectivity index (χ4n) is 2.92. The van der Waals surface area contributed by atoms with Crippen LogP contribution in [0, 0.1) is 0 Å². The molecule has 1 rings (SSSR count). The van der Waals surface area contributed by atoms with E-state index in [-0.39, 0.29) is 6.04 Å². The van der Waals surface area contributed by atoms with Gasteiger partial charge in [-0.2, -0.15) is 0 Å². The normalized spacial score (nSPS) is 21.4. The smallest absolute Gasteiger partial charge is 0.323 e. The molecule has 5 heteroatoms. The highest BCUT2D eigenvalue weighted by atomic mass is 16.4. The molecule has 0 bridgehead atoms. The Hall–Kier alpha value is -0.650. The van der Waals surface area contributed by atoms with E-state index in [0.717, 1.165) is 19.6 Å². The summed E-state index contributed by atoms with van der Waals surface area (Å²) in [5.74, 6) is -0.755. The van der Waals surface area contributed by atoms with Crippen LogP contribution < -0.4 is 5.32 Å². The molecule has 1 aliphatic rings. The molecule has 0 amide bonds. The van der Waals surface area contributed by atoms with Crippen LogP contribution in [0.1, 0.15) is 40.0 Å². The van der Waals surface area contributed by atoms with Crippen molar-refractivity contribution >= 4 is 5.97 Å². The van der Waals surface area contributed by atoms with Gasteiger partial charge in [0.2, 0.25) is 0 Å². The van der Waals surface area contributed by atoms with Gasteiger partial charge < -0.3 is 14.9 Å². The molecule has 1 unspecified atom stereocenters. The third-order valence-electron chi connectivity index (χ3n) is 4.29. The second-order valence-corrected chi connectivity index (χ2v) is 6.72. The Morgan fingerprint density at radius 2 is 1.95 bits per heavy atom. The summed E-state index contributed by atoms with van der Waals surface area (Å²) in [5.41, 5.74) is -0.827. The Bertz CT molecular complexity index is 312. The summed E-state index contributed by atoms with van der Waals surface area (Å²) in [6, 6.07) is 0.849. The predicted molar refractivity (Wildman–Crippen MR) is 82.1 cm³/mol. The number of carboxylic acid groups (broad SMARTS) is 1. The maximum Gasteiger partial charge on any atom is 0.323 e. The minimum atomic E-state index is -0.827. The summed E-state index contributed by atoms with van der Waals surface area (Å²) in [6.07, 6.45) is 3.00. The first-order chi connectivity index (χ1) is 9.24. The van der Waals surface area contributed by atoms with Crippen LogP contribution in [0.3, 0.4) is 0 Å². The van der Waals surface area contributed by atoms with Crippen molar-refractivity contribution in [3.63, 3.8) is 0 Å². The van der Waals surface area contributed by atoms with Crippen molar-refractivity contribution in [3.8, 4) is 0 Å². The molecule has 1 saturated heterocycles. The SMILES string of the molecule is CC(C)NC(C)(CCN1CCC(N(C)C)CC1)C(=O)O. The number of aliphatic carboxylic acids is 1. The van der Waals surface area contributed by atoms with Crippen LogP contribution in [0.15, 0.2) is 0 Å². The van der Waals surface area contributed by atoms with Crippen LogP contribution in [-0.4, -0.2) is 72.2 Å². The zero-order valence-electron chi connectivity index (χ0n) is 13.6. The molecule has 0 spiro atoms. The molecular formula is C15H31N3O2. The van der Waals surface area contributed by atoms with Gasteiger partial charge in [-0.25, -0.2) is 0 Å². The van der Waals surface area contributed by atoms with Crippen LogP contribution in [0.4, 0.5) is 0 Å². The monoisotopic (exact) mass is 285 g/mol. The third-order valence-corrected chi connectivity index (χ3v) is 4.29. The van der Waals surface area contributed by atoms with Gasteiger partial charge in [0.15, 0.2) is 0 Å². The molecule has 20 heavy (non-hydrogen) atoms. The van der Waals surface area contributed by atoms with E-state index in [1.807, 2.05) is 13.8 Å². The lowest BCUT2D eigenvalue weighted by Crippen LogP contribution is -2.54. The Labute approximate surface area is 123 Å². The van der Waals surface area contributed by atoms with Crippen molar-refractivity contribution in [3.05, 3.63) is 0 Å².